The molecule has 0 spiro atoms. The van der Waals surface area contributed by atoms with Crippen molar-refractivity contribution in [2.75, 3.05) is 6.54 Å². The van der Waals surface area contributed by atoms with E-state index in [0.29, 0.717) is 24.5 Å². The average Bonchev–Trinajstić information content (AvgIpc) is 3.37. The van der Waals surface area contributed by atoms with E-state index in [1.165, 1.54) is 6.26 Å². The van der Waals surface area contributed by atoms with Gasteiger partial charge in [-0.1, -0.05) is 0 Å². The Morgan fingerprint density at radius 3 is 2.96 bits per heavy atom. The average molecular weight is 338 g/mol. The summed E-state index contributed by atoms with van der Waals surface area (Å²) in [6.45, 7) is 1.30. The highest BCUT2D eigenvalue weighted by atomic mass is 16.3. The molecule has 1 atom stereocenters. The highest BCUT2D eigenvalue weighted by Gasteiger charge is 2.31. The number of nitrogens with one attached hydrogen (secondary N) is 1. The van der Waals surface area contributed by atoms with Crippen LogP contribution in [0, 0.1) is 0 Å². The quantitative estimate of drug-likeness (QED) is 0.790. The molecule has 128 valence electrons. The molecule has 1 aliphatic rings. The van der Waals surface area contributed by atoms with E-state index in [1.54, 1.807) is 35.4 Å². The van der Waals surface area contributed by atoms with Crippen molar-refractivity contribution in [1.82, 2.24) is 19.7 Å². The molecule has 7 heteroatoms. The first-order valence-corrected chi connectivity index (χ1v) is 8.28. The standard InChI is InChI=1S/C18H18N4O3/c23-17-14(6-7-15(20-17)16-5-2-11-25-16)18(24)22-10-1-4-13(22)12-21-9-3-8-19-21/h2-3,5-9,11,13H,1,4,10,12H2,(H,20,23). The molecule has 7 nitrogen and oxygen atoms in total. The number of aromatic nitrogens is 3. The van der Waals surface area contributed by atoms with Gasteiger partial charge in [-0.25, -0.2) is 0 Å². The third kappa shape index (κ3) is 3.00. The van der Waals surface area contributed by atoms with Crippen molar-refractivity contribution < 1.29 is 9.21 Å². The van der Waals surface area contributed by atoms with Crippen LogP contribution in [0.1, 0.15) is 23.2 Å². The number of nitrogens with zero attached hydrogens (tertiary/aromatic N) is 3. The summed E-state index contributed by atoms with van der Waals surface area (Å²) in [5, 5.41) is 4.20. The summed E-state index contributed by atoms with van der Waals surface area (Å²) in [4.78, 5) is 29.8. The lowest BCUT2D eigenvalue weighted by atomic mass is 10.1. The SMILES string of the molecule is O=C(c1ccc(-c2ccco2)[nH]c1=O)N1CCCC1Cn1cccn1. The van der Waals surface area contributed by atoms with E-state index in [2.05, 4.69) is 10.1 Å². The van der Waals surface area contributed by atoms with E-state index >= 15 is 0 Å². The van der Waals surface area contributed by atoms with Crippen LogP contribution in [0.4, 0.5) is 0 Å². The molecule has 3 aromatic heterocycles. The summed E-state index contributed by atoms with van der Waals surface area (Å²) in [5.41, 5.74) is 0.312. The first-order valence-electron chi connectivity index (χ1n) is 8.28. The fourth-order valence-electron chi connectivity index (χ4n) is 3.29. The Labute approximate surface area is 143 Å². The van der Waals surface area contributed by atoms with Crippen molar-refractivity contribution in [3.63, 3.8) is 0 Å². The van der Waals surface area contributed by atoms with Gasteiger partial charge in [0.1, 0.15) is 11.3 Å². The van der Waals surface area contributed by atoms with Gasteiger partial charge in [0.05, 0.1) is 24.5 Å². The summed E-state index contributed by atoms with van der Waals surface area (Å²) in [6.07, 6.45) is 6.98. The molecule has 3 aromatic rings. The van der Waals surface area contributed by atoms with Gasteiger partial charge in [-0.05, 0) is 43.2 Å². The lowest BCUT2D eigenvalue weighted by Crippen LogP contribution is -2.40. The number of pyridine rings is 1. The van der Waals surface area contributed by atoms with Crippen LogP contribution in [0.2, 0.25) is 0 Å². The van der Waals surface area contributed by atoms with Gasteiger partial charge in [0.25, 0.3) is 11.5 Å². The molecule has 4 rings (SSSR count). The summed E-state index contributed by atoms with van der Waals surface area (Å²) in [5.74, 6) is 0.329. The number of furan rings is 1. The predicted octanol–water partition coefficient (Wildman–Crippen LogP) is 2.14. The second-order valence-corrected chi connectivity index (χ2v) is 6.11. The normalized spacial score (nSPS) is 17.1. The van der Waals surface area contributed by atoms with Gasteiger partial charge in [0, 0.05) is 18.9 Å². The highest BCUT2D eigenvalue weighted by Crippen LogP contribution is 2.21. The summed E-state index contributed by atoms with van der Waals surface area (Å²) >= 11 is 0. The topological polar surface area (TPSA) is 84.1 Å². The molecule has 25 heavy (non-hydrogen) atoms. The van der Waals surface area contributed by atoms with Gasteiger partial charge in [-0.3, -0.25) is 14.3 Å². The molecule has 0 radical (unpaired) electrons. The van der Waals surface area contributed by atoms with Gasteiger partial charge in [-0.2, -0.15) is 5.10 Å². The number of rotatable bonds is 4. The number of carbonyl (C=O) groups excluding carboxylic acids is 1. The Hall–Kier alpha value is -3.09. The predicted molar refractivity (Wildman–Crippen MR) is 91.1 cm³/mol. The van der Waals surface area contributed by atoms with Gasteiger partial charge in [0.2, 0.25) is 0 Å². The van der Waals surface area contributed by atoms with Crippen molar-refractivity contribution in [3.8, 4) is 11.5 Å². The second kappa shape index (κ2) is 6.43. The van der Waals surface area contributed by atoms with Crippen LogP contribution in [0.5, 0.6) is 0 Å². The molecule has 0 aromatic carbocycles. The first kappa shape index (κ1) is 15.4. The summed E-state index contributed by atoms with van der Waals surface area (Å²) in [6, 6.07) is 8.69. The van der Waals surface area contributed by atoms with E-state index in [0.717, 1.165) is 12.8 Å². The number of carbonyl (C=O) groups is 1. The van der Waals surface area contributed by atoms with E-state index in [-0.39, 0.29) is 17.5 Å². The molecule has 4 heterocycles. The van der Waals surface area contributed by atoms with Crippen LogP contribution in [-0.2, 0) is 6.54 Å². The molecule has 1 aliphatic heterocycles. The first-order chi connectivity index (χ1) is 12.2. The van der Waals surface area contributed by atoms with E-state index in [1.807, 2.05) is 16.9 Å². The van der Waals surface area contributed by atoms with E-state index in [9.17, 15) is 9.59 Å². The van der Waals surface area contributed by atoms with Crippen LogP contribution < -0.4 is 5.56 Å². The van der Waals surface area contributed by atoms with Crippen molar-refractivity contribution in [1.29, 1.82) is 0 Å². The zero-order valence-corrected chi connectivity index (χ0v) is 13.6. The van der Waals surface area contributed by atoms with Gasteiger partial charge >= 0.3 is 0 Å². The Morgan fingerprint density at radius 2 is 2.24 bits per heavy atom. The molecule has 1 fully saturated rings. The van der Waals surface area contributed by atoms with Gasteiger partial charge in [0.15, 0.2) is 0 Å². The number of H-pyrrole nitrogens is 1. The van der Waals surface area contributed by atoms with Crippen LogP contribution >= 0.6 is 0 Å². The summed E-state index contributed by atoms with van der Waals surface area (Å²) < 4.78 is 7.10. The lowest BCUT2D eigenvalue weighted by molar-refractivity contribution is 0.0720. The van der Waals surface area contributed by atoms with Crippen LogP contribution in [0.25, 0.3) is 11.5 Å². The Kier molecular flexibility index (Phi) is 3.97. The molecule has 1 unspecified atom stereocenters. The van der Waals surface area contributed by atoms with Crippen molar-refractivity contribution in [3.05, 3.63) is 64.9 Å². The van der Waals surface area contributed by atoms with Crippen LogP contribution in [0.15, 0.2) is 58.2 Å². The highest BCUT2D eigenvalue weighted by molar-refractivity contribution is 5.94. The number of aromatic amines is 1. The maximum atomic E-state index is 12.9. The van der Waals surface area contributed by atoms with Crippen LogP contribution in [0.3, 0.4) is 0 Å². The maximum Gasteiger partial charge on any atom is 0.261 e. The van der Waals surface area contributed by atoms with Gasteiger partial charge < -0.3 is 14.3 Å². The molecular formula is C18H18N4O3. The van der Waals surface area contributed by atoms with Crippen LogP contribution in [-0.4, -0.2) is 38.2 Å². The Balaban J connectivity index is 1.56. The van der Waals surface area contributed by atoms with Crippen molar-refractivity contribution in [2.45, 2.75) is 25.4 Å². The fourth-order valence-corrected chi connectivity index (χ4v) is 3.29. The molecular weight excluding hydrogens is 320 g/mol. The molecule has 0 aliphatic carbocycles. The maximum absolute atomic E-state index is 12.9. The zero-order chi connectivity index (χ0) is 17.2. The van der Waals surface area contributed by atoms with Gasteiger partial charge in [-0.15, -0.1) is 0 Å². The number of amides is 1. The monoisotopic (exact) mass is 338 g/mol. The largest absolute Gasteiger partial charge is 0.463 e. The minimum atomic E-state index is -0.399. The minimum Gasteiger partial charge on any atom is -0.463 e. The van der Waals surface area contributed by atoms with E-state index < -0.39 is 5.56 Å². The third-order valence-corrected chi connectivity index (χ3v) is 4.52. The molecule has 1 N–H and O–H groups in total. The second-order valence-electron chi connectivity index (χ2n) is 6.11. The number of hydrogen-bond acceptors (Lipinski definition) is 4. The third-order valence-electron chi connectivity index (χ3n) is 4.52. The molecule has 1 saturated heterocycles. The summed E-state index contributed by atoms with van der Waals surface area (Å²) in [7, 11) is 0. The minimum absolute atomic E-state index is 0.0524. The molecule has 1 amide bonds. The Morgan fingerprint density at radius 1 is 1.32 bits per heavy atom. The van der Waals surface area contributed by atoms with Crippen molar-refractivity contribution >= 4 is 5.91 Å². The fraction of sp³-hybridized carbons (Fsp3) is 0.278. The lowest BCUT2D eigenvalue weighted by Gasteiger charge is -2.24. The molecule has 0 saturated carbocycles. The van der Waals surface area contributed by atoms with Crippen molar-refractivity contribution in [2.24, 2.45) is 0 Å². The molecule has 0 bridgehead atoms. The smallest absolute Gasteiger partial charge is 0.261 e. The number of likely N-dealkylation sites (tertiary alicyclic amines) is 1. The van der Waals surface area contributed by atoms with E-state index in [4.69, 9.17) is 4.42 Å². The number of hydrogen-bond donors (Lipinski definition) is 1. The zero-order valence-electron chi connectivity index (χ0n) is 13.6. The Bertz CT molecular complexity index is 912.